The number of hydrazine groups is 2. The number of benzene rings is 1. The quantitative estimate of drug-likeness (QED) is 0.720. The van der Waals surface area contributed by atoms with Gasteiger partial charge in [0.15, 0.2) is 5.82 Å². The number of hydrogen-bond acceptors (Lipinski definition) is 6. The van der Waals surface area contributed by atoms with Crippen LogP contribution in [-0.2, 0) is 6.18 Å². The van der Waals surface area contributed by atoms with Gasteiger partial charge in [-0.25, -0.2) is 23.8 Å². The minimum absolute atomic E-state index is 0.00425. The summed E-state index contributed by atoms with van der Waals surface area (Å²) in [5.41, 5.74) is 5.12. The predicted octanol–water partition coefficient (Wildman–Crippen LogP) is 2.75. The van der Waals surface area contributed by atoms with E-state index in [0.29, 0.717) is 29.6 Å². The summed E-state index contributed by atoms with van der Waals surface area (Å²) in [5, 5.41) is 1.48. The zero-order valence-corrected chi connectivity index (χ0v) is 15.5. The minimum atomic E-state index is -4.70. The van der Waals surface area contributed by atoms with Gasteiger partial charge in [0.2, 0.25) is 5.95 Å². The SMILES string of the molecule is C[C@H]1CC2=C(CN1C(=O)c1cc(C(F)(F)F)ccc1F)NNN2c1ncc(F)cn1. The van der Waals surface area contributed by atoms with Gasteiger partial charge >= 0.3 is 6.18 Å². The molecule has 0 bridgehead atoms. The summed E-state index contributed by atoms with van der Waals surface area (Å²) in [6.07, 6.45) is -2.41. The molecule has 2 aliphatic heterocycles. The van der Waals surface area contributed by atoms with Crippen LogP contribution in [0.4, 0.5) is 27.9 Å². The third-order valence-electron chi connectivity index (χ3n) is 4.88. The summed E-state index contributed by atoms with van der Waals surface area (Å²) in [6, 6.07) is 1.29. The molecule has 0 saturated heterocycles. The molecule has 12 heteroatoms. The summed E-state index contributed by atoms with van der Waals surface area (Å²) in [5.74, 6) is -2.31. The zero-order chi connectivity index (χ0) is 21.6. The van der Waals surface area contributed by atoms with Crippen LogP contribution in [0.25, 0.3) is 0 Å². The van der Waals surface area contributed by atoms with E-state index < -0.39 is 40.9 Å². The van der Waals surface area contributed by atoms with Gasteiger partial charge in [0.05, 0.1) is 41.5 Å². The van der Waals surface area contributed by atoms with E-state index in [1.165, 1.54) is 9.91 Å². The summed E-state index contributed by atoms with van der Waals surface area (Å²) >= 11 is 0. The standard InChI is InChI=1S/C18H15F5N6O/c1-9-4-15-14(26-27-29(15)17-24-6-11(19)7-25-17)8-28(9)16(30)12-5-10(18(21,22)23)2-3-13(12)20/h2-3,5-7,9,26-27H,4,8H2,1H3/t9-/m0/s1. The summed E-state index contributed by atoms with van der Waals surface area (Å²) in [4.78, 5) is 21.9. The second-order valence-corrected chi connectivity index (χ2v) is 6.88. The van der Waals surface area contributed by atoms with Gasteiger partial charge < -0.3 is 10.3 Å². The fraction of sp³-hybridized carbons (Fsp3) is 0.278. The predicted molar refractivity (Wildman–Crippen MR) is 94.3 cm³/mol. The molecule has 0 unspecified atom stereocenters. The Morgan fingerprint density at radius 3 is 2.57 bits per heavy atom. The topological polar surface area (TPSA) is 73.4 Å². The number of nitrogens with one attached hydrogen (secondary N) is 2. The van der Waals surface area contributed by atoms with Gasteiger partial charge in [0.25, 0.3) is 5.91 Å². The Balaban J connectivity index is 1.60. The summed E-state index contributed by atoms with van der Waals surface area (Å²) < 4.78 is 66.2. The molecule has 2 N–H and O–H groups in total. The molecule has 0 aliphatic carbocycles. The number of amides is 1. The van der Waals surface area contributed by atoms with E-state index in [0.717, 1.165) is 12.4 Å². The molecule has 2 aromatic rings. The first-order valence-electron chi connectivity index (χ1n) is 8.84. The van der Waals surface area contributed by atoms with Gasteiger partial charge in [-0.2, -0.15) is 13.2 Å². The van der Waals surface area contributed by atoms with Gasteiger partial charge in [0, 0.05) is 12.5 Å². The molecule has 1 atom stereocenters. The summed E-state index contributed by atoms with van der Waals surface area (Å²) in [7, 11) is 0. The number of alkyl halides is 3. The van der Waals surface area contributed by atoms with Crippen LogP contribution in [-0.4, -0.2) is 33.4 Å². The van der Waals surface area contributed by atoms with Crippen molar-refractivity contribution in [2.45, 2.75) is 25.6 Å². The Labute approximate surface area is 167 Å². The Kier molecular flexibility index (Phi) is 4.80. The maximum atomic E-state index is 14.2. The lowest BCUT2D eigenvalue weighted by molar-refractivity contribution is -0.137. The highest BCUT2D eigenvalue weighted by Gasteiger charge is 2.38. The van der Waals surface area contributed by atoms with Crippen LogP contribution >= 0.6 is 0 Å². The van der Waals surface area contributed by atoms with Crippen LogP contribution in [0.2, 0.25) is 0 Å². The second kappa shape index (κ2) is 7.20. The first-order valence-corrected chi connectivity index (χ1v) is 8.84. The highest BCUT2D eigenvalue weighted by atomic mass is 19.4. The van der Waals surface area contributed by atoms with Crippen molar-refractivity contribution in [2.75, 3.05) is 11.6 Å². The van der Waals surface area contributed by atoms with Crippen LogP contribution in [0.5, 0.6) is 0 Å². The molecule has 3 heterocycles. The third-order valence-corrected chi connectivity index (χ3v) is 4.88. The molecule has 2 aliphatic rings. The molecule has 1 aromatic carbocycles. The van der Waals surface area contributed by atoms with Crippen LogP contribution in [0, 0.1) is 11.6 Å². The van der Waals surface area contributed by atoms with Gasteiger partial charge in [-0.1, -0.05) is 0 Å². The van der Waals surface area contributed by atoms with Gasteiger partial charge in [-0.05, 0) is 25.1 Å². The van der Waals surface area contributed by atoms with Crippen molar-refractivity contribution in [1.82, 2.24) is 25.8 Å². The fourth-order valence-electron chi connectivity index (χ4n) is 3.34. The van der Waals surface area contributed by atoms with Crippen LogP contribution in [0.15, 0.2) is 42.0 Å². The molecule has 1 amide bonds. The molecule has 0 saturated carbocycles. The van der Waals surface area contributed by atoms with Crippen molar-refractivity contribution in [3.05, 3.63) is 64.7 Å². The van der Waals surface area contributed by atoms with E-state index in [-0.39, 0.29) is 18.9 Å². The average Bonchev–Trinajstić information content (AvgIpc) is 3.09. The largest absolute Gasteiger partial charge is 0.416 e. The number of aromatic nitrogens is 2. The summed E-state index contributed by atoms with van der Waals surface area (Å²) in [6.45, 7) is 1.69. The van der Waals surface area contributed by atoms with E-state index in [1.54, 1.807) is 6.92 Å². The number of carbonyl (C=O) groups excluding carboxylic acids is 1. The van der Waals surface area contributed by atoms with E-state index in [1.807, 2.05) is 0 Å². The second-order valence-electron chi connectivity index (χ2n) is 6.88. The lowest BCUT2D eigenvalue weighted by Gasteiger charge is -2.34. The number of hydrogen-bond donors (Lipinski definition) is 2. The molecule has 1 aromatic heterocycles. The first-order chi connectivity index (χ1) is 14.1. The number of halogens is 5. The van der Waals surface area contributed by atoms with Crippen molar-refractivity contribution >= 4 is 11.9 Å². The molecule has 7 nitrogen and oxygen atoms in total. The van der Waals surface area contributed by atoms with Gasteiger partial charge in [0.1, 0.15) is 5.82 Å². The monoisotopic (exact) mass is 426 g/mol. The number of rotatable bonds is 2. The lowest BCUT2D eigenvalue weighted by Crippen LogP contribution is -2.45. The Morgan fingerprint density at radius 2 is 1.90 bits per heavy atom. The Hall–Kier alpha value is -3.28. The molecule has 4 rings (SSSR count). The maximum Gasteiger partial charge on any atom is 0.416 e. The Morgan fingerprint density at radius 1 is 1.20 bits per heavy atom. The van der Waals surface area contributed by atoms with Crippen molar-refractivity contribution < 1.29 is 26.7 Å². The van der Waals surface area contributed by atoms with Crippen molar-refractivity contribution in [3.8, 4) is 0 Å². The van der Waals surface area contributed by atoms with Crippen LogP contribution < -0.4 is 16.0 Å². The van der Waals surface area contributed by atoms with E-state index in [4.69, 9.17) is 0 Å². The highest BCUT2D eigenvalue weighted by molar-refractivity contribution is 5.95. The average molecular weight is 426 g/mol. The fourth-order valence-corrected chi connectivity index (χ4v) is 3.34. The van der Waals surface area contributed by atoms with Crippen LogP contribution in [0.1, 0.15) is 29.3 Å². The molecule has 0 spiro atoms. The number of nitrogens with zero attached hydrogens (tertiary/aromatic N) is 4. The maximum absolute atomic E-state index is 14.2. The Bertz CT molecular complexity index is 1020. The van der Waals surface area contributed by atoms with E-state index >= 15 is 0 Å². The van der Waals surface area contributed by atoms with Gasteiger partial charge in [-0.15, -0.1) is 5.53 Å². The first kappa shape index (κ1) is 20.0. The highest BCUT2D eigenvalue weighted by Crippen LogP contribution is 2.33. The molecule has 30 heavy (non-hydrogen) atoms. The van der Waals surface area contributed by atoms with Crippen molar-refractivity contribution in [3.63, 3.8) is 0 Å². The molecule has 0 radical (unpaired) electrons. The zero-order valence-electron chi connectivity index (χ0n) is 15.5. The molecular weight excluding hydrogens is 411 g/mol. The van der Waals surface area contributed by atoms with Crippen molar-refractivity contribution in [1.29, 1.82) is 0 Å². The number of anilines is 1. The third kappa shape index (κ3) is 3.54. The molecule has 158 valence electrons. The normalized spacial score (nSPS) is 19.1. The minimum Gasteiger partial charge on any atom is -0.330 e. The van der Waals surface area contributed by atoms with Crippen molar-refractivity contribution in [2.24, 2.45) is 0 Å². The van der Waals surface area contributed by atoms with Crippen LogP contribution in [0.3, 0.4) is 0 Å². The van der Waals surface area contributed by atoms with E-state index in [9.17, 15) is 26.7 Å². The number of carbonyl (C=O) groups is 1. The molecule has 0 fully saturated rings. The molecular formula is C18H15F5N6O. The lowest BCUT2D eigenvalue weighted by atomic mass is 10.0. The van der Waals surface area contributed by atoms with Gasteiger partial charge in [-0.3, -0.25) is 4.79 Å². The smallest absolute Gasteiger partial charge is 0.330 e. The van der Waals surface area contributed by atoms with E-state index in [2.05, 4.69) is 20.9 Å².